The van der Waals surface area contributed by atoms with Crippen LogP contribution in [0, 0.1) is 13.8 Å². The Morgan fingerprint density at radius 1 is 0.906 bits per heavy atom. The fraction of sp³-hybridized carbons (Fsp3) is 0.208. The molecule has 0 fully saturated rings. The van der Waals surface area contributed by atoms with Gasteiger partial charge < -0.3 is 14.8 Å². The number of hydrogen-bond donors (Lipinski definition) is 2. The predicted octanol–water partition coefficient (Wildman–Crippen LogP) is 4.52. The summed E-state index contributed by atoms with van der Waals surface area (Å²) in [4.78, 5) is 12.6. The lowest BCUT2D eigenvalue weighted by Crippen LogP contribution is -2.30. The highest BCUT2D eigenvalue weighted by Crippen LogP contribution is 2.23. The second-order valence-electron chi connectivity index (χ2n) is 7.31. The molecule has 3 aromatic carbocycles. The van der Waals surface area contributed by atoms with Crippen LogP contribution >= 0.6 is 0 Å². The van der Waals surface area contributed by atoms with Crippen molar-refractivity contribution in [1.29, 1.82) is 0 Å². The van der Waals surface area contributed by atoms with Crippen LogP contribution < -0.4 is 19.5 Å². The van der Waals surface area contributed by atoms with Gasteiger partial charge in [-0.15, -0.1) is 0 Å². The minimum Gasteiger partial charge on any atom is -0.497 e. The standard InChI is InChI=1S/C24H26N2O5S/c1-16-6-5-7-23(17(16)2)31-18(3)24(27)25-19-10-14-22(15-11-19)32(28,29)26-20-8-12-21(30-4)13-9-20/h5-15,18,26H,1-4H3,(H,25,27)/t18-/m0/s1. The van der Waals surface area contributed by atoms with E-state index >= 15 is 0 Å². The Morgan fingerprint density at radius 3 is 2.16 bits per heavy atom. The van der Waals surface area contributed by atoms with Gasteiger partial charge in [-0.25, -0.2) is 8.42 Å². The maximum Gasteiger partial charge on any atom is 0.265 e. The summed E-state index contributed by atoms with van der Waals surface area (Å²) in [7, 11) is -2.23. The zero-order valence-corrected chi connectivity index (χ0v) is 19.2. The highest BCUT2D eigenvalue weighted by Gasteiger charge is 2.18. The van der Waals surface area contributed by atoms with E-state index in [0.717, 1.165) is 11.1 Å². The minimum atomic E-state index is -3.77. The predicted molar refractivity (Wildman–Crippen MR) is 125 cm³/mol. The summed E-state index contributed by atoms with van der Waals surface area (Å²) in [6, 6.07) is 18.2. The highest BCUT2D eigenvalue weighted by atomic mass is 32.2. The lowest BCUT2D eigenvalue weighted by Gasteiger charge is -2.17. The van der Waals surface area contributed by atoms with Gasteiger partial charge in [0.1, 0.15) is 11.5 Å². The number of nitrogens with one attached hydrogen (secondary N) is 2. The summed E-state index contributed by atoms with van der Waals surface area (Å²) >= 11 is 0. The number of sulfonamides is 1. The summed E-state index contributed by atoms with van der Waals surface area (Å²) < 4.78 is 38.6. The molecule has 2 N–H and O–H groups in total. The van der Waals surface area contributed by atoms with Crippen LogP contribution in [-0.2, 0) is 14.8 Å². The molecule has 0 unspecified atom stereocenters. The average Bonchev–Trinajstić information content (AvgIpc) is 2.77. The van der Waals surface area contributed by atoms with E-state index in [9.17, 15) is 13.2 Å². The fourth-order valence-corrected chi connectivity index (χ4v) is 3.99. The molecule has 0 saturated carbocycles. The van der Waals surface area contributed by atoms with Gasteiger partial charge in [0.25, 0.3) is 15.9 Å². The Hall–Kier alpha value is -3.52. The number of ether oxygens (including phenoxy) is 2. The highest BCUT2D eigenvalue weighted by molar-refractivity contribution is 7.92. The molecule has 0 radical (unpaired) electrons. The van der Waals surface area contributed by atoms with Gasteiger partial charge in [-0.3, -0.25) is 9.52 Å². The molecule has 0 saturated heterocycles. The Labute approximate surface area is 188 Å². The molecule has 0 aliphatic rings. The molecule has 1 atom stereocenters. The first-order chi connectivity index (χ1) is 15.2. The minimum absolute atomic E-state index is 0.0750. The number of hydrogen-bond acceptors (Lipinski definition) is 5. The first kappa shape index (κ1) is 23.1. The third-order valence-electron chi connectivity index (χ3n) is 5.00. The quantitative estimate of drug-likeness (QED) is 0.522. The Morgan fingerprint density at radius 2 is 1.53 bits per heavy atom. The number of methoxy groups -OCH3 is 1. The van der Waals surface area contributed by atoms with E-state index in [1.165, 1.54) is 31.4 Å². The van der Waals surface area contributed by atoms with Crippen LogP contribution in [-0.4, -0.2) is 27.5 Å². The molecule has 0 aliphatic heterocycles. The lowest BCUT2D eigenvalue weighted by atomic mass is 10.1. The molecule has 0 bridgehead atoms. The van der Waals surface area contributed by atoms with Crippen LogP contribution in [0.2, 0.25) is 0 Å². The maximum atomic E-state index is 12.6. The second kappa shape index (κ2) is 9.74. The van der Waals surface area contributed by atoms with Gasteiger partial charge in [0.05, 0.1) is 12.0 Å². The van der Waals surface area contributed by atoms with E-state index in [-0.39, 0.29) is 10.8 Å². The van der Waals surface area contributed by atoms with E-state index in [1.54, 1.807) is 31.2 Å². The first-order valence-electron chi connectivity index (χ1n) is 10.0. The van der Waals surface area contributed by atoms with Crippen molar-refractivity contribution in [3.63, 3.8) is 0 Å². The maximum absolute atomic E-state index is 12.6. The SMILES string of the molecule is COc1ccc(NS(=O)(=O)c2ccc(NC(=O)[C@H](C)Oc3cccc(C)c3C)cc2)cc1. The molecule has 3 aromatic rings. The molecular weight excluding hydrogens is 428 g/mol. The third-order valence-corrected chi connectivity index (χ3v) is 6.40. The number of anilines is 2. The van der Waals surface area contributed by atoms with Crippen molar-refractivity contribution in [2.24, 2.45) is 0 Å². The van der Waals surface area contributed by atoms with Crippen LogP contribution in [0.15, 0.2) is 71.6 Å². The Kier molecular flexibility index (Phi) is 7.05. The number of carbonyl (C=O) groups excluding carboxylic acids is 1. The summed E-state index contributed by atoms with van der Waals surface area (Å²) in [5, 5.41) is 2.74. The van der Waals surface area contributed by atoms with Crippen molar-refractivity contribution in [2.75, 3.05) is 17.1 Å². The van der Waals surface area contributed by atoms with Gasteiger partial charge in [-0.2, -0.15) is 0 Å². The Bertz CT molecular complexity index is 1190. The summed E-state index contributed by atoms with van der Waals surface area (Å²) in [6.45, 7) is 5.58. The van der Waals surface area contributed by atoms with Crippen LogP contribution in [0.4, 0.5) is 11.4 Å². The fourth-order valence-electron chi connectivity index (χ4n) is 2.93. The van der Waals surface area contributed by atoms with E-state index < -0.39 is 16.1 Å². The van der Waals surface area contributed by atoms with Gasteiger partial charge in [0.15, 0.2) is 6.10 Å². The molecule has 3 rings (SSSR count). The number of rotatable bonds is 8. The molecule has 7 nitrogen and oxygen atoms in total. The van der Waals surface area contributed by atoms with Crippen LogP contribution in [0.5, 0.6) is 11.5 Å². The molecular formula is C24H26N2O5S. The number of carbonyl (C=O) groups is 1. The van der Waals surface area contributed by atoms with E-state index in [4.69, 9.17) is 9.47 Å². The van der Waals surface area contributed by atoms with Crippen LogP contribution in [0.3, 0.4) is 0 Å². The van der Waals surface area contributed by atoms with Gasteiger partial charge in [0.2, 0.25) is 0 Å². The zero-order valence-electron chi connectivity index (χ0n) is 18.4. The monoisotopic (exact) mass is 454 g/mol. The normalized spacial score (nSPS) is 12.0. The Balaban J connectivity index is 1.64. The molecule has 0 aromatic heterocycles. The lowest BCUT2D eigenvalue weighted by molar-refractivity contribution is -0.122. The second-order valence-corrected chi connectivity index (χ2v) is 8.99. The van der Waals surface area contributed by atoms with Crippen LogP contribution in [0.25, 0.3) is 0 Å². The van der Waals surface area contributed by atoms with Crippen molar-refractivity contribution < 1.29 is 22.7 Å². The van der Waals surface area contributed by atoms with Gasteiger partial charge in [0, 0.05) is 11.4 Å². The molecule has 0 aliphatic carbocycles. The molecule has 0 spiro atoms. The average molecular weight is 455 g/mol. The van der Waals surface area contributed by atoms with Crippen molar-refractivity contribution in [1.82, 2.24) is 0 Å². The molecule has 0 heterocycles. The summed E-state index contributed by atoms with van der Waals surface area (Å²) in [5.41, 5.74) is 2.94. The van der Waals surface area contributed by atoms with E-state index in [1.807, 2.05) is 32.0 Å². The first-order valence-corrected chi connectivity index (χ1v) is 11.5. The van der Waals surface area contributed by atoms with Crippen molar-refractivity contribution in [3.05, 3.63) is 77.9 Å². The van der Waals surface area contributed by atoms with Gasteiger partial charge in [-0.1, -0.05) is 12.1 Å². The van der Waals surface area contributed by atoms with Crippen molar-refractivity contribution in [2.45, 2.75) is 31.8 Å². The van der Waals surface area contributed by atoms with Gasteiger partial charge in [-0.05, 0) is 86.5 Å². The number of aryl methyl sites for hydroxylation is 1. The van der Waals surface area contributed by atoms with Crippen molar-refractivity contribution in [3.8, 4) is 11.5 Å². The summed E-state index contributed by atoms with van der Waals surface area (Å²) in [6.07, 6.45) is -0.726. The van der Waals surface area contributed by atoms with Crippen LogP contribution in [0.1, 0.15) is 18.1 Å². The van der Waals surface area contributed by atoms with Gasteiger partial charge >= 0.3 is 0 Å². The smallest absolute Gasteiger partial charge is 0.265 e. The molecule has 168 valence electrons. The number of benzene rings is 3. The molecule has 1 amide bonds. The largest absolute Gasteiger partial charge is 0.497 e. The van der Waals surface area contributed by atoms with E-state index in [0.29, 0.717) is 22.9 Å². The topological polar surface area (TPSA) is 93.7 Å². The number of amides is 1. The van der Waals surface area contributed by atoms with Crippen molar-refractivity contribution >= 4 is 27.3 Å². The zero-order chi connectivity index (χ0) is 23.3. The van der Waals surface area contributed by atoms with E-state index in [2.05, 4.69) is 10.0 Å². The third kappa shape index (κ3) is 5.59. The summed E-state index contributed by atoms with van der Waals surface area (Å²) in [5.74, 6) is 0.945. The molecule has 32 heavy (non-hydrogen) atoms. The molecule has 8 heteroatoms.